The molecule has 1 saturated carbocycles. The normalized spacial score (nSPS) is 24.6. The summed E-state index contributed by atoms with van der Waals surface area (Å²) in [6, 6.07) is 8.10. The fourth-order valence-electron chi connectivity index (χ4n) is 2.55. The first-order chi connectivity index (χ1) is 7.68. The second kappa shape index (κ2) is 4.91. The lowest BCUT2D eigenvalue weighted by Crippen LogP contribution is -2.16. The smallest absolute Gasteiger partial charge is 0.221 e. The molecule has 0 radical (unpaired) electrons. The van der Waals surface area contributed by atoms with Crippen molar-refractivity contribution in [1.82, 2.24) is 0 Å². The average molecular weight is 235 g/mol. The fraction of sp³-hybridized carbons (Fsp3) is 0.462. The molecular formula is C13H17NOS. The van der Waals surface area contributed by atoms with Crippen LogP contribution in [0.4, 0.5) is 0 Å². The second-order valence-electron chi connectivity index (χ2n) is 4.45. The van der Waals surface area contributed by atoms with Crippen LogP contribution in [-0.4, -0.2) is 11.2 Å². The van der Waals surface area contributed by atoms with E-state index in [1.54, 1.807) is 0 Å². The first-order valence-electron chi connectivity index (χ1n) is 5.72. The highest BCUT2D eigenvalue weighted by molar-refractivity contribution is 7.81. The third kappa shape index (κ3) is 2.40. The highest BCUT2D eigenvalue weighted by Crippen LogP contribution is 2.39. The molecule has 1 fully saturated rings. The second-order valence-corrected chi connectivity index (χ2v) is 5.11. The molecule has 1 aliphatic rings. The number of nitrogens with two attached hydrogens (primary N) is 1. The van der Waals surface area contributed by atoms with Crippen LogP contribution in [0.1, 0.15) is 36.3 Å². The molecule has 0 aromatic heterocycles. The number of primary amides is 1. The van der Waals surface area contributed by atoms with E-state index in [9.17, 15) is 4.79 Å². The Labute approximate surface area is 102 Å². The molecule has 1 aromatic carbocycles. The van der Waals surface area contributed by atoms with Crippen LogP contribution in [0, 0.1) is 0 Å². The van der Waals surface area contributed by atoms with Gasteiger partial charge in [0.05, 0.1) is 6.42 Å². The highest BCUT2D eigenvalue weighted by Gasteiger charge is 2.27. The van der Waals surface area contributed by atoms with E-state index < -0.39 is 0 Å². The van der Waals surface area contributed by atoms with Gasteiger partial charge in [-0.15, -0.1) is 0 Å². The van der Waals surface area contributed by atoms with Gasteiger partial charge >= 0.3 is 0 Å². The van der Waals surface area contributed by atoms with Gasteiger partial charge in [0.1, 0.15) is 0 Å². The molecule has 1 aromatic rings. The Balaban J connectivity index is 2.28. The van der Waals surface area contributed by atoms with Crippen molar-refractivity contribution < 1.29 is 4.79 Å². The molecule has 86 valence electrons. The molecule has 1 amide bonds. The van der Waals surface area contributed by atoms with Gasteiger partial charge in [0.25, 0.3) is 0 Å². The first-order valence-corrected chi connectivity index (χ1v) is 6.24. The standard InChI is InChI=1S/C13H17NOS/c14-13(15)8-9-4-1-2-5-10(9)11-6-3-7-12(11)16/h1-2,4-5,11-12,16H,3,6-8H2,(H2,14,15). The molecule has 2 nitrogen and oxygen atoms in total. The van der Waals surface area contributed by atoms with Crippen molar-refractivity contribution in [2.75, 3.05) is 0 Å². The number of thiol groups is 1. The summed E-state index contributed by atoms with van der Waals surface area (Å²) in [4.78, 5) is 11.0. The quantitative estimate of drug-likeness (QED) is 0.776. The van der Waals surface area contributed by atoms with Gasteiger partial charge in [0.2, 0.25) is 5.91 Å². The molecule has 2 atom stereocenters. The molecule has 3 heteroatoms. The van der Waals surface area contributed by atoms with Crippen LogP contribution in [0.2, 0.25) is 0 Å². The molecule has 2 rings (SSSR count). The van der Waals surface area contributed by atoms with Gasteiger partial charge in [0.15, 0.2) is 0 Å². The average Bonchev–Trinajstić information content (AvgIpc) is 2.64. The maximum Gasteiger partial charge on any atom is 0.221 e. The summed E-state index contributed by atoms with van der Waals surface area (Å²) >= 11 is 4.62. The third-order valence-corrected chi connectivity index (χ3v) is 3.92. The Morgan fingerprint density at radius 3 is 2.75 bits per heavy atom. The van der Waals surface area contributed by atoms with Crippen LogP contribution in [0.3, 0.4) is 0 Å². The number of carbonyl (C=O) groups excluding carboxylic acids is 1. The predicted molar refractivity (Wildman–Crippen MR) is 68.7 cm³/mol. The van der Waals surface area contributed by atoms with E-state index in [2.05, 4.69) is 18.7 Å². The van der Waals surface area contributed by atoms with Crippen molar-refractivity contribution >= 4 is 18.5 Å². The monoisotopic (exact) mass is 235 g/mol. The summed E-state index contributed by atoms with van der Waals surface area (Å²) in [6.07, 6.45) is 3.90. The van der Waals surface area contributed by atoms with E-state index in [1.165, 1.54) is 24.8 Å². The van der Waals surface area contributed by atoms with Crippen LogP contribution >= 0.6 is 12.6 Å². The van der Waals surface area contributed by atoms with Crippen LogP contribution in [0.5, 0.6) is 0 Å². The van der Waals surface area contributed by atoms with Crippen molar-refractivity contribution in [3.63, 3.8) is 0 Å². The van der Waals surface area contributed by atoms with Gasteiger partial charge in [-0.2, -0.15) is 12.6 Å². The van der Waals surface area contributed by atoms with Gasteiger partial charge < -0.3 is 5.73 Å². The van der Waals surface area contributed by atoms with E-state index in [4.69, 9.17) is 5.73 Å². The number of benzene rings is 1. The van der Waals surface area contributed by atoms with Crippen molar-refractivity contribution in [2.45, 2.75) is 36.9 Å². The summed E-state index contributed by atoms with van der Waals surface area (Å²) in [7, 11) is 0. The van der Waals surface area contributed by atoms with Crippen molar-refractivity contribution in [1.29, 1.82) is 0 Å². The number of hydrogen-bond acceptors (Lipinski definition) is 2. The lowest BCUT2D eigenvalue weighted by atomic mass is 9.91. The summed E-state index contributed by atoms with van der Waals surface area (Å²) in [5.41, 5.74) is 7.60. The van der Waals surface area contributed by atoms with E-state index in [-0.39, 0.29) is 5.91 Å². The van der Waals surface area contributed by atoms with Gasteiger partial charge in [-0.05, 0) is 29.9 Å². The summed E-state index contributed by atoms with van der Waals surface area (Å²) in [5, 5.41) is 0.425. The zero-order valence-electron chi connectivity index (χ0n) is 9.23. The minimum atomic E-state index is -0.263. The lowest BCUT2D eigenvalue weighted by Gasteiger charge is -2.18. The Morgan fingerprint density at radius 2 is 2.12 bits per heavy atom. The molecule has 2 N–H and O–H groups in total. The SMILES string of the molecule is NC(=O)Cc1ccccc1C1CCCC1S. The number of hydrogen-bond donors (Lipinski definition) is 2. The zero-order chi connectivity index (χ0) is 11.5. The van der Waals surface area contributed by atoms with Crippen LogP contribution < -0.4 is 5.73 Å². The van der Waals surface area contributed by atoms with Crippen LogP contribution in [0.15, 0.2) is 24.3 Å². The van der Waals surface area contributed by atoms with E-state index in [0.717, 1.165) is 5.56 Å². The number of rotatable bonds is 3. The summed E-state index contributed by atoms with van der Waals surface area (Å²) in [5.74, 6) is 0.222. The number of amides is 1. The van der Waals surface area contributed by atoms with E-state index in [1.807, 2.05) is 18.2 Å². The molecule has 0 heterocycles. The Morgan fingerprint density at radius 1 is 1.38 bits per heavy atom. The Bertz CT molecular complexity index is 391. The van der Waals surface area contributed by atoms with Crippen LogP contribution in [0.25, 0.3) is 0 Å². The van der Waals surface area contributed by atoms with Crippen LogP contribution in [-0.2, 0) is 11.2 Å². The minimum Gasteiger partial charge on any atom is -0.369 e. The molecule has 1 aliphatic carbocycles. The summed E-state index contributed by atoms with van der Waals surface area (Å²) < 4.78 is 0. The summed E-state index contributed by atoms with van der Waals surface area (Å²) in [6.45, 7) is 0. The highest BCUT2D eigenvalue weighted by atomic mass is 32.1. The topological polar surface area (TPSA) is 43.1 Å². The molecule has 16 heavy (non-hydrogen) atoms. The van der Waals surface area contributed by atoms with Crippen molar-refractivity contribution in [3.8, 4) is 0 Å². The maximum atomic E-state index is 11.0. The fourth-order valence-corrected chi connectivity index (χ4v) is 3.04. The molecule has 0 spiro atoms. The van der Waals surface area contributed by atoms with E-state index >= 15 is 0 Å². The first kappa shape index (κ1) is 11.5. The van der Waals surface area contributed by atoms with Gasteiger partial charge in [-0.1, -0.05) is 30.7 Å². The zero-order valence-corrected chi connectivity index (χ0v) is 10.1. The van der Waals surface area contributed by atoms with Crippen molar-refractivity contribution in [2.24, 2.45) is 5.73 Å². The minimum absolute atomic E-state index is 0.263. The maximum absolute atomic E-state index is 11.0. The lowest BCUT2D eigenvalue weighted by molar-refractivity contribution is -0.117. The Kier molecular flexibility index (Phi) is 3.54. The Hall–Kier alpha value is -0.960. The van der Waals surface area contributed by atoms with Gasteiger partial charge in [-0.25, -0.2) is 0 Å². The van der Waals surface area contributed by atoms with E-state index in [0.29, 0.717) is 17.6 Å². The molecular weight excluding hydrogens is 218 g/mol. The molecule has 0 bridgehead atoms. The molecule has 2 unspecified atom stereocenters. The number of carbonyl (C=O) groups is 1. The van der Waals surface area contributed by atoms with Crippen molar-refractivity contribution in [3.05, 3.63) is 35.4 Å². The molecule has 0 aliphatic heterocycles. The van der Waals surface area contributed by atoms with Gasteiger partial charge in [-0.3, -0.25) is 4.79 Å². The van der Waals surface area contributed by atoms with Gasteiger partial charge in [0, 0.05) is 5.25 Å². The third-order valence-electron chi connectivity index (χ3n) is 3.30. The predicted octanol–water partition coefficient (Wildman–Crippen LogP) is 2.28. The molecule has 0 saturated heterocycles. The largest absolute Gasteiger partial charge is 0.369 e.